The van der Waals surface area contributed by atoms with Gasteiger partial charge in [0.15, 0.2) is 5.60 Å². The Bertz CT molecular complexity index is 1200. The van der Waals surface area contributed by atoms with Gasteiger partial charge in [-0.25, -0.2) is 4.79 Å². The van der Waals surface area contributed by atoms with Gasteiger partial charge in [0.25, 0.3) is 0 Å². The predicted molar refractivity (Wildman–Crippen MR) is 113 cm³/mol. The third-order valence-electron chi connectivity index (χ3n) is 8.14. The lowest BCUT2D eigenvalue weighted by atomic mass is 9.68. The van der Waals surface area contributed by atoms with E-state index in [9.17, 15) is 9.59 Å². The zero-order valence-electron chi connectivity index (χ0n) is 18.6. The lowest BCUT2D eigenvalue weighted by Crippen LogP contribution is -2.67. The van der Waals surface area contributed by atoms with Crippen molar-refractivity contribution in [1.82, 2.24) is 0 Å². The van der Waals surface area contributed by atoms with E-state index in [1.54, 1.807) is 6.07 Å². The molecule has 1 spiro atoms. The Morgan fingerprint density at radius 1 is 1.29 bits per heavy atom. The average Bonchev–Trinajstić information content (AvgIpc) is 3.18. The maximum absolute atomic E-state index is 13.7. The number of fused-ring (bicyclic) bond motifs is 8. The number of epoxide rings is 1. The standard InChI is InChI=1S/C25H28O6/c1-12(2)11-16(26)25-23(5)24(31-23)10-9-14(4)19(24)21(30-25)18-20(29-25)17-13(3)7-6-8-15(17)28-22(18)27/h6-8,12,14,19,21H,9-11H2,1-5H3. The highest BCUT2D eigenvalue weighted by Gasteiger charge is 2.89. The molecule has 6 atom stereocenters. The number of aryl methyl sites for hydroxylation is 1. The van der Waals surface area contributed by atoms with Crippen LogP contribution in [0, 0.1) is 24.7 Å². The van der Waals surface area contributed by atoms with Gasteiger partial charge in [-0.3, -0.25) is 4.79 Å². The largest absolute Gasteiger partial charge is 0.450 e. The highest BCUT2D eigenvalue weighted by atomic mass is 16.8. The molecule has 2 aromatic rings. The Morgan fingerprint density at radius 2 is 2.06 bits per heavy atom. The van der Waals surface area contributed by atoms with Crippen molar-refractivity contribution in [2.45, 2.75) is 77.0 Å². The van der Waals surface area contributed by atoms with Gasteiger partial charge in [0.1, 0.15) is 28.6 Å². The second kappa shape index (κ2) is 5.78. The van der Waals surface area contributed by atoms with E-state index in [0.29, 0.717) is 29.2 Å². The molecule has 0 N–H and O–H groups in total. The highest BCUT2D eigenvalue weighted by molar-refractivity contribution is 5.93. The SMILES string of the molecule is Cc1cccc2oc(=O)c3c(c12)OC1(C(=O)CC(C)C)OC3C2C(C)CCC23OC13C. The van der Waals surface area contributed by atoms with Crippen molar-refractivity contribution >= 4 is 16.8 Å². The van der Waals surface area contributed by atoms with Gasteiger partial charge in [-0.05, 0) is 50.2 Å². The van der Waals surface area contributed by atoms with Gasteiger partial charge in [-0.15, -0.1) is 0 Å². The Labute approximate surface area is 180 Å². The van der Waals surface area contributed by atoms with Crippen LogP contribution in [-0.2, 0) is 14.3 Å². The number of hydrogen-bond acceptors (Lipinski definition) is 6. The van der Waals surface area contributed by atoms with Gasteiger partial charge in [0.05, 0.1) is 5.39 Å². The van der Waals surface area contributed by atoms with E-state index in [2.05, 4.69) is 6.92 Å². The van der Waals surface area contributed by atoms with Crippen molar-refractivity contribution in [2.24, 2.45) is 17.8 Å². The van der Waals surface area contributed by atoms with Crippen LogP contribution in [0.1, 0.15) is 64.2 Å². The monoisotopic (exact) mass is 424 g/mol. The number of benzene rings is 1. The number of ether oxygens (including phenoxy) is 3. The lowest BCUT2D eigenvalue weighted by Gasteiger charge is -2.50. The number of hydrogen-bond donors (Lipinski definition) is 0. The maximum Gasteiger partial charge on any atom is 0.345 e. The Balaban J connectivity index is 1.67. The van der Waals surface area contributed by atoms with Crippen molar-refractivity contribution in [2.75, 3.05) is 0 Å². The van der Waals surface area contributed by atoms with Crippen LogP contribution in [-0.4, -0.2) is 22.8 Å². The topological polar surface area (TPSA) is 78.3 Å². The molecule has 6 rings (SSSR count). The van der Waals surface area contributed by atoms with Gasteiger partial charge in [0, 0.05) is 12.3 Å². The molecular formula is C25H28O6. The molecule has 164 valence electrons. The van der Waals surface area contributed by atoms with Gasteiger partial charge in [-0.1, -0.05) is 32.9 Å². The molecule has 2 saturated heterocycles. The summed E-state index contributed by atoms with van der Waals surface area (Å²) in [5.74, 6) is -0.828. The van der Waals surface area contributed by atoms with E-state index in [-0.39, 0.29) is 17.6 Å². The minimum Gasteiger partial charge on any atom is -0.450 e. The molecule has 3 fully saturated rings. The second-order valence-electron chi connectivity index (χ2n) is 10.4. The summed E-state index contributed by atoms with van der Waals surface area (Å²) in [6.07, 6.45) is 1.52. The van der Waals surface area contributed by atoms with Gasteiger partial charge in [-0.2, -0.15) is 0 Å². The van der Waals surface area contributed by atoms with Crippen LogP contribution < -0.4 is 10.4 Å². The fourth-order valence-corrected chi connectivity index (χ4v) is 6.66. The first kappa shape index (κ1) is 19.5. The summed E-state index contributed by atoms with van der Waals surface area (Å²) in [5.41, 5.74) is -0.0563. The average molecular weight is 424 g/mol. The third-order valence-corrected chi connectivity index (χ3v) is 8.14. The number of carbonyl (C=O) groups is 1. The third kappa shape index (κ3) is 2.11. The van der Waals surface area contributed by atoms with Crippen molar-refractivity contribution in [3.63, 3.8) is 0 Å². The zero-order chi connectivity index (χ0) is 21.9. The Hall–Kier alpha value is -2.18. The van der Waals surface area contributed by atoms with E-state index < -0.39 is 28.7 Å². The molecule has 4 heterocycles. The minimum atomic E-state index is -1.56. The summed E-state index contributed by atoms with van der Waals surface area (Å²) in [4.78, 5) is 26.9. The predicted octanol–water partition coefficient (Wildman–Crippen LogP) is 4.45. The smallest absolute Gasteiger partial charge is 0.345 e. The first-order valence-corrected chi connectivity index (χ1v) is 11.3. The summed E-state index contributed by atoms with van der Waals surface area (Å²) in [6.45, 7) is 10.1. The van der Waals surface area contributed by atoms with Crippen LogP contribution in [0.15, 0.2) is 27.4 Å². The van der Waals surface area contributed by atoms with Crippen LogP contribution in [0.2, 0.25) is 0 Å². The van der Waals surface area contributed by atoms with Crippen LogP contribution in [0.3, 0.4) is 0 Å². The summed E-state index contributed by atoms with van der Waals surface area (Å²) in [7, 11) is 0. The van der Waals surface area contributed by atoms with Crippen LogP contribution in [0.4, 0.5) is 0 Å². The summed E-state index contributed by atoms with van der Waals surface area (Å²) in [6, 6.07) is 5.57. The second-order valence-corrected chi connectivity index (χ2v) is 10.4. The molecule has 0 radical (unpaired) electrons. The number of ketones is 1. The normalized spacial score (nSPS) is 39.6. The van der Waals surface area contributed by atoms with Crippen LogP contribution in [0.25, 0.3) is 11.0 Å². The van der Waals surface area contributed by atoms with E-state index in [1.165, 1.54) is 0 Å². The fourth-order valence-electron chi connectivity index (χ4n) is 6.66. The van der Waals surface area contributed by atoms with E-state index in [1.807, 2.05) is 39.8 Å². The molecule has 4 aliphatic rings. The molecule has 31 heavy (non-hydrogen) atoms. The summed E-state index contributed by atoms with van der Waals surface area (Å²) in [5, 5.41) is 0.731. The molecule has 1 aliphatic carbocycles. The van der Waals surface area contributed by atoms with Gasteiger partial charge >= 0.3 is 11.4 Å². The van der Waals surface area contributed by atoms with Crippen molar-refractivity contribution in [3.8, 4) is 5.75 Å². The molecule has 2 bridgehead atoms. The molecule has 3 aliphatic heterocycles. The maximum atomic E-state index is 13.7. The van der Waals surface area contributed by atoms with Gasteiger partial charge < -0.3 is 18.6 Å². The van der Waals surface area contributed by atoms with Crippen molar-refractivity contribution in [1.29, 1.82) is 0 Å². The first-order chi connectivity index (χ1) is 14.7. The molecular weight excluding hydrogens is 396 g/mol. The van der Waals surface area contributed by atoms with Gasteiger partial charge in [0.2, 0.25) is 5.78 Å². The number of Topliss-reactive ketones (excluding diaryl/α,β-unsaturated/α-hetero) is 1. The molecule has 0 amide bonds. The lowest BCUT2D eigenvalue weighted by molar-refractivity contribution is -0.272. The minimum absolute atomic E-state index is 0.0236. The van der Waals surface area contributed by atoms with E-state index in [4.69, 9.17) is 18.6 Å². The number of carbonyl (C=O) groups excluding carboxylic acids is 1. The molecule has 6 nitrogen and oxygen atoms in total. The summed E-state index contributed by atoms with van der Waals surface area (Å²) >= 11 is 0. The molecule has 6 heteroatoms. The van der Waals surface area contributed by atoms with Crippen molar-refractivity contribution in [3.05, 3.63) is 39.7 Å². The first-order valence-electron chi connectivity index (χ1n) is 11.3. The molecule has 1 aromatic carbocycles. The van der Waals surface area contributed by atoms with Crippen molar-refractivity contribution < 1.29 is 23.4 Å². The van der Waals surface area contributed by atoms with Crippen LogP contribution in [0.5, 0.6) is 5.75 Å². The van der Waals surface area contributed by atoms with E-state index >= 15 is 0 Å². The molecule has 6 unspecified atom stereocenters. The highest BCUT2D eigenvalue weighted by Crippen LogP contribution is 2.75. The fraction of sp³-hybridized carbons (Fsp3) is 0.600. The van der Waals surface area contributed by atoms with E-state index in [0.717, 1.165) is 23.8 Å². The molecule has 1 saturated carbocycles. The summed E-state index contributed by atoms with van der Waals surface area (Å²) < 4.78 is 25.3. The van der Waals surface area contributed by atoms with Crippen LogP contribution >= 0.6 is 0 Å². The Morgan fingerprint density at radius 3 is 2.81 bits per heavy atom. The Kier molecular flexibility index (Phi) is 3.64. The quantitative estimate of drug-likeness (QED) is 0.535. The molecule has 1 aromatic heterocycles. The number of rotatable bonds is 3. The zero-order valence-corrected chi connectivity index (χ0v) is 18.6.